The number of hydrogen-bond acceptors (Lipinski definition) is 5. The Kier molecular flexibility index (Phi) is 10.2. The molecule has 1 saturated heterocycles. The number of ether oxygens (including phenoxy) is 1. The van der Waals surface area contributed by atoms with E-state index >= 15 is 0 Å². The van der Waals surface area contributed by atoms with Gasteiger partial charge in [-0.1, -0.05) is 45.4 Å². The number of nitrogens with zero attached hydrogens (tertiary/aromatic N) is 3. The molecule has 1 aromatic rings. The molecule has 0 amide bonds. The van der Waals surface area contributed by atoms with E-state index in [2.05, 4.69) is 27.1 Å². The van der Waals surface area contributed by atoms with E-state index in [4.69, 9.17) is 4.74 Å². The third-order valence-electron chi connectivity index (χ3n) is 5.09. The average Bonchev–Trinajstić information content (AvgIpc) is 2.70. The lowest BCUT2D eigenvalue weighted by Gasteiger charge is -2.34. The van der Waals surface area contributed by atoms with Crippen LogP contribution in [0.3, 0.4) is 0 Å². The number of morpholine rings is 1. The van der Waals surface area contributed by atoms with Gasteiger partial charge in [-0.2, -0.15) is 13.2 Å². The normalized spacial score (nSPS) is 17.0. The number of halogens is 3. The van der Waals surface area contributed by atoms with E-state index in [1.165, 1.54) is 50.9 Å². The lowest BCUT2D eigenvalue weighted by molar-refractivity contribution is -0.145. The van der Waals surface area contributed by atoms with E-state index in [1.54, 1.807) is 0 Å². The van der Waals surface area contributed by atoms with E-state index in [9.17, 15) is 13.2 Å². The summed E-state index contributed by atoms with van der Waals surface area (Å²) in [4.78, 5) is 9.30. The number of aromatic nitrogens is 2. The smallest absolute Gasteiger partial charge is 0.379 e. The predicted molar refractivity (Wildman–Crippen MR) is 103 cm³/mol. The van der Waals surface area contributed by atoms with E-state index in [1.807, 2.05) is 0 Å². The lowest BCUT2D eigenvalue weighted by Crippen LogP contribution is -2.43. The topological polar surface area (TPSA) is 50.3 Å². The fraction of sp³-hybridized carbons (Fsp3) is 0.800. The second-order valence-electron chi connectivity index (χ2n) is 7.33. The molecule has 160 valence electrons. The summed E-state index contributed by atoms with van der Waals surface area (Å²) < 4.78 is 43.6. The van der Waals surface area contributed by atoms with Crippen molar-refractivity contribution in [3.8, 4) is 0 Å². The lowest BCUT2D eigenvalue weighted by atomic mass is 10.1. The number of alkyl halides is 3. The maximum atomic E-state index is 12.7. The van der Waals surface area contributed by atoms with Gasteiger partial charge in [0.15, 0.2) is 0 Å². The van der Waals surface area contributed by atoms with Crippen molar-refractivity contribution < 1.29 is 17.9 Å². The first-order valence-electron chi connectivity index (χ1n) is 10.4. The van der Waals surface area contributed by atoms with E-state index in [-0.39, 0.29) is 6.04 Å². The standard InChI is InChI=1S/C20H33F3N4O/c1-2-3-4-5-6-7-8-9-24-16-18(27-10-12-28-13-11-27)17-14-25-19(26-15-17)20(21,22)23/h14-15,18,24H,2-13,16H2,1H3/t18-/m1/s1. The molecular formula is C20H33F3N4O. The SMILES string of the molecule is CCCCCCCCCNC[C@H](c1cnc(C(F)(F)F)nc1)N1CCOCC1. The summed E-state index contributed by atoms with van der Waals surface area (Å²) in [5, 5.41) is 3.47. The molecule has 5 nitrogen and oxygen atoms in total. The molecule has 2 rings (SSSR count). The second kappa shape index (κ2) is 12.3. The summed E-state index contributed by atoms with van der Waals surface area (Å²) >= 11 is 0. The molecule has 8 heteroatoms. The highest BCUT2D eigenvalue weighted by atomic mass is 19.4. The van der Waals surface area contributed by atoms with Gasteiger partial charge in [0.2, 0.25) is 5.82 Å². The molecule has 1 aliphatic rings. The average molecular weight is 403 g/mol. The van der Waals surface area contributed by atoms with Crippen LogP contribution in [0.5, 0.6) is 0 Å². The van der Waals surface area contributed by atoms with Gasteiger partial charge in [0, 0.05) is 37.6 Å². The molecule has 2 heterocycles. The third kappa shape index (κ3) is 8.01. The van der Waals surface area contributed by atoms with Gasteiger partial charge in [-0.05, 0) is 13.0 Å². The number of hydrogen-bond donors (Lipinski definition) is 1. The Balaban J connectivity index is 1.83. The Morgan fingerprint density at radius 3 is 2.25 bits per heavy atom. The van der Waals surface area contributed by atoms with Crippen molar-refractivity contribution in [2.75, 3.05) is 39.4 Å². The summed E-state index contributed by atoms with van der Waals surface area (Å²) in [5.41, 5.74) is 0.710. The highest BCUT2D eigenvalue weighted by molar-refractivity contribution is 5.13. The zero-order valence-corrected chi connectivity index (χ0v) is 16.8. The van der Waals surface area contributed by atoms with Crippen LogP contribution >= 0.6 is 0 Å². The zero-order chi connectivity index (χ0) is 20.2. The van der Waals surface area contributed by atoms with Crippen molar-refractivity contribution in [3.63, 3.8) is 0 Å². The Morgan fingerprint density at radius 2 is 1.64 bits per heavy atom. The Morgan fingerprint density at radius 1 is 1.04 bits per heavy atom. The first-order valence-corrected chi connectivity index (χ1v) is 10.4. The minimum atomic E-state index is -4.51. The summed E-state index contributed by atoms with van der Waals surface area (Å²) in [5.74, 6) is -1.09. The molecule has 0 bridgehead atoms. The van der Waals surface area contributed by atoms with Gasteiger partial charge < -0.3 is 10.1 Å². The highest BCUT2D eigenvalue weighted by Crippen LogP contribution is 2.27. The van der Waals surface area contributed by atoms with Crippen molar-refractivity contribution in [1.29, 1.82) is 0 Å². The molecule has 1 aliphatic heterocycles. The van der Waals surface area contributed by atoms with Gasteiger partial charge in [-0.25, -0.2) is 9.97 Å². The molecule has 0 radical (unpaired) electrons. The largest absolute Gasteiger partial charge is 0.451 e. The minimum absolute atomic E-state index is 0.0456. The van der Waals surface area contributed by atoms with Gasteiger partial charge in [0.1, 0.15) is 0 Å². The van der Waals surface area contributed by atoms with Crippen molar-refractivity contribution >= 4 is 0 Å². The molecule has 1 N–H and O–H groups in total. The van der Waals surface area contributed by atoms with Crippen LogP contribution in [0, 0.1) is 0 Å². The third-order valence-corrected chi connectivity index (χ3v) is 5.09. The van der Waals surface area contributed by atoms with Crippen LogP contribution in [0.4, 0.5) is 13.2 Å². The summed E-state index contributed by atoms with van der Waals surface area (Å²) in [7, 11) is 0. The molecule has 0 aromatic carbocycles. The van der Waals surface area contributed by atoms with Gasteiger partial charge in [0.05, 0.1) is 19.3 Å². The zero-order valence-electron chi connectivity index (χ0n) is 16.8. The van der Waals surface area contributed by atoms with Crippen molar-refractivity contribution in [1.82, 2.24) is 20.2 Å². The molecule has 0 saturated carbocycles. The quantitative estimate of drug-likeness (QED) is 0.531. The van der Waals surface area contributed by atoms with E-state index in [0.29, 0.717) is 25.3 Å². The van der Waals surface area contributed by atoms with Crippen molar-refractivity contribution in [2.24, 2.45) is 0 Å². The number of unbranched alkanes of at least 4 members (excludes halogenated alkanes) is 6. The second-order valence-corrected chi connectivity index (χ2v) is 7.33. The summed E-state index contributed by atoms with van der Waals surface area (Å²) in [6.45, 7) is 6.58. The Hall–Kier alpha value is -1.25. The Labute approximate surface area is 166 Å². The van der Waals surface area contributed by atoms with Crippen LogP contribution in [0.15, 0.2) is 12.4 Å². The minimum Gasteiger partial charge on any atom is -0.379 e. The molecule has 1 atom stereocenters. The van der Waals surface area contributed by atoms with Crippen molar-refractivity contribution in [2.45, 2.75) is 64.1 Å². The number of rotatable bonds is 12. The number of nitrogens with one attached hydrogen (secondary N) is 1. The van der Waals surface area contributed by atoms with Crippen LogP contribution < -0.4 is 5.32 Å². The summed E-state index contributed by atoms with van der Waals surface area (Å²) in [6, 6.07) is -0.0456. The van der Waals surface area contributed by atoms with Crippen LogP contribution in [0.2, 0.25) is 0 Å². The van der Waals surface area contributed by atoms with E-state index in [0.717, 1.165) is 26.1 Å². The molecule has 28 heavy (non-hydrogen) atoms. The van der Waals surface area contributed by atoms with Gasteiger partial charge in [-0.3, -0.25) is 4.90 Å². The monoisotopic (exact) mass is 402 g/mol. The first kappa shape index (κ1) is 23.0. The van der Waals surface area contributed by atoms with Crippen LogP contribution in [0.1, 0.15) is 69.3 Å². The fourth-order valence-electron chi connectivity index (χ4n) is 3.45. The maximum Gasteiger partial charge on any atom is 0.451 e. The van der Waals surface area contributed by atoms with Crippen molar-refractivity contribution in [3.05, 3.63) is 23.8 Å². The maximum absolute atomic E-state index is 12.7. The fourth-order valence-corrected chi connectivity index (χ4v) is 3.45. The van der Waals surface area contributed by atoms with E-state index < -0.39 is 12.0 Å². The van der Waals surface area contributed by atoms with Gasteiger partial charge >= 0.3 is 6.18 Å². The van der Waals surface area contributed by atoms with Gasteiger partial charge in [0.25, 0.3) is 0 Å². The molecule has 0 unspecified atom stereocenters. The molecule has 1 aromatic heterocycles. The van der Waals surface area contributed by atoms with Crippen LogP contribution in [-0.4, -0.2) is 54.3 Å². The first-order chi connectivity index (χ1) is 13.5. The highest BCUT2D eigenvalue weighted by Gasteiger charge is 2.34. The Bertz CT molecular complexity index is 533. The van der Waals surface area contributed by atoms with Gasteiger partial charge in [-0.15, -0.1) is 0 Å². The molecule has 0 spiro atoms. The van der Waals surface area contributed by atoms with Crippen LogP contribution in [-0.2, 0) is 10.9 Å². The molecule has 0 aliphatic carbocycles. The summed E-state index contributed by atoms with van der Waals surface area (Å²) in [6.07, 6.45) is 6.89. The predicted octanol–water partition coefficient (Wildman–Crippen LogP) is 4.21. The molecule has 1 fully saturated rings. The van der Waals surface area contributed by atoms with Crippen LogP contribution in [0.25, 0.3) is 0 Å². The molecular weight excluding hydrogens is 369 g/mol.